The smallest absolute Gasteiger partial charge is 0.134 e. The molecule has 3 nitrogen and oxygen atoms in total. The van der Waals surface area contributed by atoms with Gasteiger partial charge in [-0.25, -0.2) is 9.37 Å². The molecule has 0 atom stereocenters. The van der Waals surface area contributed by atoms with E-state index in [4.69, 9.17) is 17.3 Å². The van der Waals surface area contributed by atoms with Crippen molar-refractivity contribution in [1.29, 1.82) is 0 Å². The van der Waals surface area contributed by atoms with Crippen LogP contribution < -0.4 is 5.73 Å². The highest BCUT2D eigenvalue weighted by Crippen LogP contribution is 2.32. The molecule has 0 aliphatic carbocycles. The van der Waals surface area contributed by atoms with Crippen molar-refractivity contribution in [1.82, 2.24) is 9.55 Å². The highest BCUT2D eigenvalue weighted by atomic mass is 35.5. The van der Waals surface area contributed by atoms with E-state index < -0.39 is 5.82 Å². The standard InChI is InChI=1S/C11H11ClFN3/c1-2-16-6-15-10(11(16)14)9-7(12)4-3-5-8(9)13/h3-6H,2,14H2,1H3. The SMILES string of the molecule is CCn1cnc(-c2c(F)cccc2Cl)c1N. The normalized spacial score (nSPS) is 10.7. The van der Waals surface area contributed by atoms with E-state index in [2.05, 4.69) is 4.98 Å². The fraction of sp³-hybridized carbons (Fsp3) is 0.182. The lowest BCUT2D eigenvalue weighted by molar-refractivity contribution is 0.631. The van der Waals surface area contributed by atoms with Gasteiger partial charge in [0.25, 0.3) is 0 Å². The summed E-state index contributed by atoms with van der Waals surface area (Å²) < 4.78 is 15.4. The molecular formula is C11H11ClFN3. The van der Waals surface area contributed by atoms with Gasteiger partial charge >= 0.3 is 0 Å². The van der Waals surface area contributed by atoms with Crippen LogP contribution in [0.5, 0.6) is 0 Å². The number of aryl methyl sites for hydroxylation is 1. The quantitative estimate of drug-likeness (QED) is 0.876. The van der Waals surface area contributed by atoms with Crippen molar-refractivity contribution < 1.29 is 4.39 Å². The van der Waals surface area contributed by atoms with Crippen LogP contribution in [0.3, 0.4) is 0 Å². The van der Waals surface area contributed by atoms with E-state index in [9.17, 15) is 4.39 Å². The molecule has 16 heavy (non-hydrogen) atoms. The van der Waals surface area contributed by atoms with Crippen LogP contribution in [0.2, 0.25) is 5.02 Å². The largest absolute Gasteiger partial charge is 0.383 e. The Hall–Kier alpha value is -1.55. The summed E-state index contributed by atoms with van der Waals surface area (Å²) in [5.74, 6) is 0.00931. The maximum Gasteiger partial charge on any atom is 0.134 e. The highest BCUT2D eigenvalue weighted by molar-refractivity contribution is 6.33. The van der Waals surface area contributed by atoms with Gasteiger partial charge in [-0.1, -0.05) is 17.7 Å². The topological polar surface area (TPSA) is 43.8 Å². The zero-order valence-corrected chi connectivity index (χ0v) is 9.50. The van der Waals surface area contributed by atoms with Crippen molar-refractivity contribution in [2.75, 3.05) is 5.73 Å². The summed E-state index contributed by atoms with van der Waals surface area (Å²) in [6.45, 7) is 2.62. The third kappa shape index (κ3) is 1.65. The van der Waals surface area contributed by atoms with Gasteiger partial charge in [0.15, 0.2) is 0 Å². The predicted molar refractivity (Wildman–Crippen MR) is 62.7 cm³/mol. The third-order valence-electron chi connectivity index (χ3n) is 2.42. The Morgan fingerprint density at radius 3 is 2.81 bits per heavy atom. The molecule has 2 rings (SSSR count). The fourth-order valence-corrected chi connectivity index (χ4v) is 1.81. The van der Waals surface area contributed by atoms with Gasteiger partial charge < -0.3 is 10.3 Å². The van der Waals surface area contributed by atoms with Gasteiger partial charge in [0.2, 0.25) is 0 Å². The second-order valence-corrected chi connectivity index (χ2v) is 3.77. The Balaban J connectivity index is 2.63. The van der Waals surface area contributed by atoms with E-state index in [1.165, 1.54) is 6.07 Å². The summed E-state index contributed by atoms with van der Waals surface area (Å²) in [6, 6.07) is 4.50. The average Bonchev–Trinajstić information content (AvgIpc) is 2.60. The number of anilines is 1. The van der Waals surface area contributed by atoms with E-state index in [0.29, 0.717) is 23.1 Å². The number of benzene rings is 1. The van der Waals surface area contributed by atoms with Crippen molar-refractivity contribution >= 4 is 17.4 Å². The highest BCUT2D eigenvalue weighted by Gasteiger charge is 2.16. The molecule has 1 heterocycles. The zero-order valence-electron chi connectivity index (χ0n) is 8.74. The van der Waals surface area contributed by atoms with Crippen LogP contribution >= 0.6 is 11.6 Å². The Morgan fingerprint density at radius 2 is 2.25 bits per heavy atom. The van der Waals surface area contributed by atoms with E-state index in [0.717, 1.165) is 0 Å². The number of imidazole rings is 1. The molecule has 1 aromatic heterocycles. The molecule has 0 bridgehead atoms. The van der Waals surface area contributed by atoms with Crippen molar-refractivity contribution in [2.24, 2.45) is 0 Å². The van der Waals surface area contributed by atoms with Crippen LogP contribution in [-0.4, -0.2) is 9.55 Å². The summed E-state index contributed by atoms with van der Waals surface area (Å²) in [4.78, 5) is 4.09. The van der Waals surface area contributed by atoms with Gasteiger partial charge in [0, 0.05) is 6.54 Å². The number of nitrogen functional groups attached to an aromatic ring is 1. The fourth-order valence-electron chi connectivity index (χ4n) is 1.56. The molecule has 0 unspecified atom stereocenters. The lowest BCUT2D eigenvalue weighted by atomic mass is 10.1. The summed E-state index contributed by atoms with van der Waals surface area (Å²) in [5.41, 5.74) is 6.51. The van der Waals surface area contributed by atoms with Crippen molar-refractivity contribution in [3.05, 3.63) is 35.4 Å². The maximum atomic E-state index is 13.6. The van der Waals surface area contributed by atoms with Gasteiger partial charge in [-0.05, 0) is 19.1 Å². The molecule has 0 radical (unpaired) electrons. The van der Waals surface area contributed by atoms with Crippen molar-refractivity contribution in [2.45, 2.75) is 13.5 Å². The minimum absolute atomic E-state index is 0.258. The Bertz CT molecular complexity index is 502. The molecule has 2 N–H and O–H groups in total. The molecule has 0 aliphatic heterocycles. The first-order valence-corrected chi connectivity index (χ1v) is 5.28. The maximum absolute atomic E-state index is 13.6. The molecule has 5 heteroatoms. The van der Waals surface area contributed by atoms with Crippen LogP contribution in [0, 0.1) is 5.82 Å². The first-order valence-electron chi connectivity index (χ1n) is 4.90. The lowest BCUT2D eigenvalue weighted by Crippen LogP contribution is -2.00. The number of hydrogen-bond acceptors (Lipinski definition) is 2. The molecule has 1 aromatic carbocycles. The van der Waals surface area contributed by atoms with Crippen LogP contribution in [0.1, 0.15) is 6.92 Å². The number of hydrogen-bond donors (Lipinski definition) is 1. The number of rotatable bonds is 2. The molecule has 0 saturated heterocycles. The van der Waals surface area contributed by atoms with Gasteiger partial charge in [0.1, 0.15) is 17.3 Å². The summed E-state index contributed by atoms with van der Waals surface area (Å²) >= 11 is 5.94. The van der Waals surface area contributed by atoms with Crippen molar-refractivity contribution in [3.8, 4) is 11.3 Å². The number of nitrogens with zero attached hydrogens (tertiary/aromatic N) is 2. The van der Waals surface area contributed by atoms with Gasteiger partial charge in [-0.2, -0.15) is 0 Å². The van der Waals surface area contributed by atoms with Crippen LogP contribution in [0.4, 0.5) is 10.2 Å². The number of halogens is 2. The summed E-state index contributed by atoms with van der Waals surface area (Å²) in [7, 11) is 0. The average molecular weight is 240 g/mol. The lowest BCUT2D eigenvalue weighted by Gasteiger charge is -2.05. The molecule has 84 valence electrons. The second kappa shape index (κ2) is 4.14. The summed E-state index contributed by atoms with van der Waals surface area (Å²) in [6.07, 6.45) is 1.58. The molecular weight excluding hydrogens is 229 g/mol. The molecule has 0 amide bonds. The first-order chi connectivity index (χ1) is 7.65. The molecule has 0 spiro atoms. The second-order valence-electron chi connectivity index (χ2n) is 3.36. The first kappa shape index (κ1) is 11.0. The van der Waals surface area contributed by atoms with Gasteiger partial charge in [-0.15, -0.1) is 0 Å². The molecule has 2 aromatic rings. The minimum atomic E-state index is -0.416. The minimum Gasteiger partial charge on any atom is -0.383 e. The van der Waals surface area contributed by atoms with Crippen LogP contribution in [0.15, 0.2) is 24.5 Å². The number of nitrogens with two attached hydrogens (primary N) is 1. The predicted octanol–water partition coefficient (Wildman–Crippen LogP) is 2.94. The van der Waals surface area contributed by atoms with Crippen molar-refractivity contribution in [3.63, 3.8) is 0 Å². The van der Waals surface area contributed by atoms with Gasteiger partial charge in [-0.3, -0.25) is 0 Å². The third-order valence-corrected chi connectivity index (χ3v) is 2.73. The molecule has 0 saturated carbocycles. The van der Waals surface area contributed by atoms with Gasteiger partial charge in [0.05, 0.1) is 16.9 Å². The molecule has 0 fully saturated rings. The Morgan fingerprint density at radius 1 is 1.50 bits per heavy atom. The van der Waals surface area contributed by atoms with E-state index >= 15 is 0 Å². The monoisotopic (exact) mass is 239 g/mol. The van der Waals surface area contributed by atoms with E-state index in [1.807, 2.05) is 6.92 Å². The summed E-state index contributed by atoms with van der Waals surface area (Å²) in [5, 5.41) is 0.313. The van der Waals surface area contributed by atoms with E-state index in [-0.39, 0.29) is 5.56 Å². The van der Waals surface area contributed by atoms with Crippen LogP contribution in [0.25, 0.3) is 11.3 Å². The van der Waals surface area contributed by atoms with Crippen LogP contribution in [-0.2, 0) is 6.54 Å². The molecule has 0 aliphatic rings. The Labute approximate surface area is 97.7 Å². The Kier molecular flexibility index (Phi) is 2.83. The van der Waals surface area contributed by atoms with E-state index in [1.54, 1.807) is 23.0 Å². The number of aromatic nitrogens is 2. The zero-order chi connectivity index (χ0) is 11.7.